The average Bonchev–Trinajstić information content (AvgIpc) is 3.60. The van der Waals surface area contributed by atoms with E-state index < -0.39 is 12.2 Å². The molecule has 0 unspecified atom stereocenters. The molecule has 4 aromatic rings. The number of aliphatic hydroxyl groups excluding tert-OH is 1. The first-order valence-corrected chi connectivity index (χ1v) is 14.7. The molecule has 1 aliphatic carbocycles. The van der Waals surface area contributed by atoms with E-state index in [1.165, 1.54) is 16.9 Å². The maximum absolute atomic E-state index is 14.0. The first kappa shape index (κ1) is 29.5. The van der Waals surface area contributed by atoms with Gasteiger partial charge in [-0.25, -0.2) is 17.9 Å². The summed E-state index contributed by atoms with van der Waals surface area (Å²) in [6.45, 7) is 3.13. The zero-order chi connectivity index (χ0) is 31.0. The lowest BCUT2D eigenvalue weighted by Crippen LogP contribution is -2.36. The number of nitrogens with zero attached hydrogens (tertiary/aromatic N) is 3. The molecule has 1 fully saturated rings. The number of hydrogen-bond donors (Lipinski definition) is 2. The molecule has 0 saturated carbocycles. The monoisotopic (exact) mass is 602 g/mol. The molecular formula is C34H33F3N4O3. The number of para-hydroxylation sites is 1. The number of rotatable bonds is 9. The molecule has 0 spiro atoms. The van der Waals surface area contributed by atoms with Gasteiger partial charge in [0.05, 0.1) is 23.6 Å². The third-order valence-corrected chi connectivity index (χ3v) is 8.29. The van der Waals surface area contributed by atoms with Crippen molar-refractivity contribution in [3.05, 3.63) is 100 Å². The lowest BCUT2D eigenvalue weighted by molar-refractivity contribution is 0.103. The minimum Gasteiger partial charge on any atom is -0.454 e. The number of alkyl halides is 2. The van der Waals surface area contributed by atoms with Gasteiger partial charge in [0.15, 0.2) is 17.3 Å². The maximum Gasteiger partial charge on any atom is 0.239 e. The van der Waals surface area contributed by atoms with Crippen molar-refractivity contribution in [1.82, 2.24) is 9.78 Å². The molecule has 1 saturated heterocycles. The standard InChI is InChI=1S/C34H33F3N4O3/c1-20-14-26(44-31-5-3-2-4-28(31)35)7-8-29(20)41-34(38)27(19-39-41)33(43)24-16-22-15-21(6-9-32(36)37)30(18-23(22)17-24)40-12-10-25(42)11-13-40/h2-5,7-8,14-16,18-19,25,32,42H,6,9-13,17,38H2,1H3. The predicted octanol–water partition coefficient (Wildman–Crippen LogP) is 6.68. The van der Waals surface area contributed by atoms with Crippen LogP contribution in [0.4, 0.5) is 24.7 Å². The van der Waals surface area contributed by atoms with Crippen molar-refractivity contribution in [3.63, 3.8) is 0 Å². The number of anilines is 2. The lowest BCUT2D eigenvalue weighted by atomic mass is 9.97. The van der Waals surface area contributed by atoms with Gasteiger partial charge in [0.1, 0.15) is 11.6 Å². The number of aryl methyl sites for hydroxylation is 2. The highest BCUT2D eigenvalue weighted by molar-refractivity contribution is 6.15. The van der Waals surface area contributed by atoms with E-state index in [-0.39, 0.29) is 41.9 Å². The number of piperidine rings is 1. The van der Waals surface area contributed by atoms with Crippen molar-refractivity contribution in [2.45, 2.75) is 51.6 Å². The van der Waals surface area contributed by atoms with Crippen LogP contribution in [0.25, 0.3) is 11.8 Å². The van der Waals surface area contributed by atoms with Gasteiger partial charge in [-0.3, -0.25) is 4.79 Å². The largest absolute Gasteiger partial charge is 0.454 e. The highest BCUT2D eigenvalue weighted by atomic mass is 19.3. The summed E-state index contributed by atoms with van der Waals surface area (Å²) < 4.78 is 47.5. The van der Waals surface area contributed by atoms with Crippen LogP contribution in [0, 0.1) is 12.7 Å². The number of halogens is 3. The number of benzene rings is 3. The van der Waals surface area contributed by atoms with Gasteiger partial charge in [-0.05, 0) is 97.0 Å². The Morgan fingerprint density at radius 3 is 2.61 bits per heavy atom. The van der Waals surface area contributed by atoms with Crippen molar-refractivity contribution in [3.8, 4) is 17.2 Å². The molecule has 2 aliphatic rings. The fourth-order valence-electron chi connectivity index (χ4n) is 5.92. The molecule has 3 aromatic carbocycles. The zero-order valence-corrected chi connectivity index (χ0v) is 24.3. The van der Waals surface area contributed by atoms with Gasteiger partial charge in [0, 0.05) is 37.2 Å². The fraction of sp³-hybridized carbons (Fsp3) is 0.294. The van der Waals surface area contributed by atoms with E-state index in [9.17, 15) is 23.1 Å². The number of fused-ring (bicyclic) bond motifs is 1. The molecule has 7 nitrogen and oxygen atoms in total. The zero-order valence-electron chi connectivity index (χ0n) is 24.3. The van der Waals surface area contributed by atoms with E-state index in [1.54, 1.807) is 36.4 Å². The fourth-order valence-corrected chi connectivity index (χ4v) is 5.92. The van der Waals surface area contributed by atoms with Crippen LogP contribution in [0.3, 0.4) is 0 Å². The van der Waals surface area contributed by atoms with Crippen molar-refractivity contribution >= 4 is 23.4 Å². The molecule has 0 amide bonds. The summed E-state index contributed by atoms with van der Waals surface area (Å²) in [6, 6.07) is 15.2. The Balaban J connectivity index is 1.23. The third kappa shape index (κ3) is 5.94. The Morgan fingerprint density at radius 1 is 1.11 bits per heavy atom. The maximum atomic E-state index is 14.0. The number of carbonyl (C=O) groups is 1. The normalized spacial score (nSPS) is 15.0. The number of Topliss-reactive ketones (excluding diaryl/α,β-unsaturated/α-hetero) is 1. The van der Waals surface area contributed by atoms with E-state index in [0.717, 1.165) is 27.9 Å². The summed E-state index contributed by atoms with van der Waals surface area (Å²) in [5.74, 6) is 0.0195. The number of ketones is 1. The Bertz CT molecular complexity index is 1740. The first-order chi connectivity index (χ1) is 21.2. The second kappa shape index (κ2) is 12.2. The van der Waals surface area contributed by atoms with E-state index in [2.05, 4.69) is 10.00 Å². The van der Waals surface area contributed by atoms with Gasteiger partial charge in [-0.2, -0.15) is 5.10 Å². The number of nitrogen functional groups attached to an aromatic ring is 1. The minimum absolute atomic E-state index is 0.111. The van der Waals surface area contributed by atoms with Gasteiger partial charge in [-0.15, -0.1) is 0 Å². The van der Waals surface area contributed by atoms with Gasteiger partial charge in [0.25, 0.3) is 0 Å². The number of carbonyl (C=O) groups excluding carboxylic acids is 1. The van der Waals surface area contributed by atoms with Crippen LogP contribution in [0.2, 0.25) is 0 Å². The SMILES string of the molecule is Cc1cc(Oc2ccccc2F)ccc1-n1ncc(C(=O)C2=Cc3cc(CCC(F)F)c(N4CCC(O)CC4)cc3C2)c1N. The molecule has 3 N–H and O–H groups in total. The quantitative estimate of drug-likeness (QED) is 0.208. The topological polar surface area (TPSA) is 93.6 Å². The summed E-state index contributed by atoms with van der Waals surface area (Å²) >= 11 is 0. The van der Waals surface area contributed by atoms with Gasteiger partial charge in [-0.1, -0.05) is 12.1 Å². The van der Waals surface area contributed by atoms with Crippen LogP contribution in [-0.4, -0.2) is 46.3 Å². The Labute approximate surface area is 253 Å². The molecule has 2 heterocycles. The lowest BCUT2D eigenvalue weighted by Gasteiger charge is -2.33. The molecular weight excluding hydrogens is 569 g/mol. The number of allylic oxidation sites excluding steroid dienone is 1. The second-order valence-electron chi connectivity index (χ2n) is 11.3. The van der Waals surface area contributed by atoms with Crippen LogP contribution in [0.5, 0.6) is 11.5 Å². The summed E-state index contributed by atoms with van der Waals surface area (Å²) in [4.78, 5) is 15.8. The van der Waals surface area contributed by atoms with Gasteiger partial charge in [0.2, 0.25) is 6.43 Å². The van der Waals surface area contributed by atoms with Crippen molar-refractivity contribution in [1.29, 1.82) is 0 Å². The molecule has 1 aromatic heterocycles. The molecule has 44 heavy (non-hydrogen) atoms. The minimum atomic E-state index is -2.41. The Hall–Kier alpha value is -4.57. The number of aliphatic hydroxyl groups is 1. The third-order valence-electron chi connectivity index (χ3n) is 8.29. The van der Waals surface area contributed by atoms with E-state index in [4.69, 9.17) is 10.5 Å². The highest BCUT2D eigenvalue weighted by Gasteiger charge is 2.27. The van der Waals surface area contributed by atoms with Crippen LogP contribution < -0.4 is 15.4 Å². The molecule has 6 rings (SSSR count). The number of aromatic nitrogens is 2. The highest BCUT2D eigenvalue weighted by Crippen LogP contribution is 2.36. The molecule has 10 heteroatoms. The summed E-state index contributed by atoms with van der Waals surface area (Å²) in [5, 5.41) is 14.4. The second-order valence-corrected chi connectivity index (χ2v) is 11.3. The summed E-state index contributed by atoms with van der Waals surface area (Å²) in [6.07, 6.45) is 2.10. The predicted molar refractivity (Wildman–Crippen MR) is 163 cm³/mol. The number of hydrogen-bond acceptors (Lipinski definition) is 6. The van der Waals surface area contributed by atoms with Crippen molar-refractivity contribution in [2.75, 3.05) is 23.7 Å². The molecule has 0 radical (unpaired) electrons. The Kier molecular flexibility index (Phi) is 8.18. The van der Waals surface area contributed by atoms with Crippen LogP contribution in [0.15, 0.2) is 66.4 Å². The van der Waals surface area contributed by atoms with Crippen molar-refractivity contribution < 1.29 is 27.8 Å². The smallest absolute Gasteiger partial charge is 0.239 e. The van der Waals surface area contributed by atoms with Crippen LogP contribution in [-0.2, 0) is 12.8 Å². The van der Waals surface area contributed by atoms with Crippen LogP contribution >= 0.6 is 0 Å². The van der Waals surface area contributed by atoms with E-state index in [1.807, 2.05) is 25.1 Å². The number of ether oxygens (including phenoxy) is 1. The van der Waals surface area contributed by atoms with E-state index >= 15 is 0 Å². The number of nitrogens with two attached hydrogens (primary N) is 1. The first-order valence-electron chi connectivity index (χ1n) is 14.7. The summed E-state index contributed by atoms with van der Waals surface area (Å²) in [5.41, 5.74) is 12.2. The van der Waals surface area contributed by atoms with Crippen molar-refractivity contribution in [2.24, 2.45) is 0 Å². The molecule has 0 atom stereocenters. The van der Waals surface area contributed by atoms with Crippen LogP contribution in [0.1, 0.15) is 51.9 Å². The van der Waals surface area contributed by atoms with E-state index in [0.29, 0.717) is 49.4 Å². The molecule has 228 valence electrons. The summed E-state index contributed by atoms with van der Waals surface area (Å²) in [7, 11) is 0. The molecule has 0 bridgehead atoms. The van der Waals surface area contributed by atoms with Gasteiger partial charge >= 0.3 is 0 Å². The Morgan fingerprint density at radius 2 is 1.89 bits per heavy atom. The average molecular weight is 603 g/mol. The van der Waals surface area contributed by atoms with Gasteiger partial charge < -0.3 is 20.5 Å². The molecule has 1 aliphatic heterocycles.